The summed E-state index contributed by atoms with van der Waals surface area (Å²) >= 11 is 0. The molecular formula is C18H19N3O6S. The van der Waals surface area contributed by atoms with Crippen LogP contribution in [0, 0.1) is 0 Å². The van der Waals surface area contributed by atoms with E-state index in [0.29, 0.717) is 11.4 Å². The van der Waals surface area contributed by atoms with E-state index in [2.05, 4.69) is 15.4 Å². The zero-order chi connectivity index (χ0) is 20.7. The van der Waals surface area contributed by atoms with Crippen LogP contribution in [0.5, 0.6) is 0 Å². The number of esters is 1. The van der Waals surface area contributed by atoms with Crippen LogP contribution in [-0.2, 0) is 24.3 Å². The summed E-state index contributed by atoms with van der Waals surface area (Å²) in [6.07, 6.45) is 0. The van der Waals surface area contributed by atoms with E-state index in [0.717, 1.165) is 6.07 Å². The minimum atomic E-state index is -3.71. The van der Waals surface area contributed by atoms with E-state index < -0.39 is 28.5 Å². The molecule has 3 N–H and O–H groups in total. The van der Waals surface area contributed by atoms with E-state index >= 15 is 0 Å². The predicted octanol–water partition coefficient (Wildman–Crippen LogP) is 1.35. The van der Waals surface area contributed by atoms with Crippen molar-refractivity contribution in [3.8, 4) is 0 Å². The van der Waals surface area contributed by atoms with E-state index in [9.17, 15) is 22.8 Å². The number of rotatable bonds is 7. The molecule has 0 aromatic heterocycles. The molecule has 28 heavy (non-hydrogen) atoms. The lowest BCUT2D eigenvalue weighted by Crippen LogP contribution is -2.22. The zero-order valence-electron chi connectivity index (χ0n) is 15.2. The lowest BCUT2D eigenvalue weighted by atomic mass is 10.2. The number of anilines is 2. The number of ether oxygens (including phenoxy) is 1. The van der Waals surface area contributed by atoms with E-state index in [1.165, 1.54) is 32.2 Å². The zero-order valence-corrected chi connectivity index (χ0v) is 16.0. The lowest BCUT2D eigenvalue weighted by molar-refractivity contribution is -0.119. The standard InChI is InChI=1S/C18H19N3O6S/c1-12(22)20-14-6-4-7-15(10-14)21-17(23)11-27-18(24)13-5-3-8-16(9-13)28(25,26)19-2/h3-10,19H,11H2,1-2H3,(H,20,22)(H,21,23). The molecule has 0 saturated carbocycles. The molecule has 0 aliphatic carbocycles. The number of carbonyl (C=O) groups is 3. The summed E-state index contributed by atoms with van der Waals surface area (Å²) in [5, 5.41) is 5.12. The fraction of sp³-hybridized carbons (Fsp3) is 0.167. The molecule has 2 rings (SSSR count). The fourth-order valence-electron chi connectivity index (χ4n) is 2.20. The number of amides is 2. The monoisotopic (exact) mass is 405 g/mol. The highest BCUT2D eigenvalue weighted by Gasteiger charge is 2.16. The first-order valence-electron chi connectivity index (χ1n) is 8.09. The minimum absolute atomic E-state index is 0.00298. The van der Waals surface area contributed by atoms with Gasteiger partial charge in [0.2, 0.25) is 15.9 Å². The summed E-state index contributed by atoms with van der Waals surface area (Å²) in [6.45, 7) is 0.799. The first-order valence-corrected chi connectivity index (χ1v) is 9.58. The third kappa shape index (κ3) is 5.89. The van der Waals surface area contributed by atoms with Crippen molar-refractivity contribution in [1.29, 1.82) is 0 Å². The van der Waals surface area contributed by atoms with Gasteiger partial charge >= 0.3 is 5.97 Å². The molecule has 0 aliphatic rings. The Labute approximate surface area is 162 Å². The molecule has 0 radical (unpaired) electrons. The van der Waals surface area contributed by atoms with Gasteiger partial charge in [0.1, 0.15) is 0 Å². The van der Waals surface area contributed by atoms with Gasteiger partial charge in [0.25, 0.3) is 5.91 Å². The van der Waals surface area contributed by atoms with Gasteiger partial charge in [-0.2, -0.15) is 0 Å². The molecule has 148 valence electrons. The summed E-state index contributed by atoms with van der Waals surface area (Å²) < 4.78 is 30.6. The molecule has 0 bridgehead atoms. The Bertz CT molecular complexity index is 1000. The maximum Gasteiger partial charge on any atom is 0.338 e. The number of hydrogen-bond acceptors (Lipinski definition) is 6. The van der Waals surface area contributed by atoms with Crippen molar-refractivity contribution in [3.05, 3.63) is 54.1 Å². The molecule has 0 saturated heterocycles. The molecule has 0 atom stereocenters. The average Bonchev–Trinajstić information content (AvgIpc) is 2.66. The van der Waals surface area contributed by atoms with Crippen molar-refractivity contribution in [2.24, 2.45) is 0 Å². The van der Waals surface area contributed by atoms with Gasteiger partial charge < -0.3 is 15.4 Å². The Balaban J connectivity index is 1.97. The Morgan fingerprint density at radius 1 is 0.964 bits per heavy atom. The Kier molecular flexibility index (Phi) is 6.85. The van der Waals surface area contributed by atoms with Crippen LogP contribution < -0.4 is 15.4 Å². The van der Waals surface area contributed by atoms with E-state index in [1.54, 1.807) is 24.3 Å². The first-order chi connectivity index (χ1) is 13.2. The summed E-state index contributed by atoms with van der Waals surface area (Å²) in [4.78, 5) is 35.0. The summed E-state index contributed by atoms with van der Waals surface area (Å²) in [5.74, 6) is -1.68. The number of hydrogen-bond donors (Lipinski definition) is 3. The highest BCUT2D eigenvalue weighted by Crippen LogP contribution is 2.15. The molecule has 0 spiro atoms. The van der Waals surface area contributed by atoms with Crippen LogP contribution >= 0.6 is 0 Å². The van der Waals surface area contributed by atoms with Crippen LogP contribution in [0.2, 0.25) is 0 Å². The van der Waals surface area contributed by atoms with Crippen molar-refractivity contribution in [1.82, 2.24) is 4.72 Å². The maximum absolute atomic E-state index is 12.1. The van der Waals surface area contributed by atoms with Gasteiger partial charge in [-0.25, -0.2) is 17.9 Å². The van der Waals surface area contributed by atoms with Crippen molar-refractivity contribution < 1.29 is 27.5 Å². The maximum atomic E-state index is 12.1. The largest absolute Gasteiger partial charge is 0.452 e. The van der Waals surface area contributed by atoms with Crippen LogP contribution in [-0.4, -0.2) is 39.9 Å². The van der Waals surface area contributed by atoms with Crippen LogP contribution in [0.1, 0.15) is 17.3 Å². The van der Waals surface area contributed by atoms with Crippen molar-refractivity contribution >= 4 is 39.2 Å². The number of benzene rings is 2. The molecule has 0 unspecified atom stereocenters. The van der Waals surface area contributed by atoms with Crippen LogP contribution in [0.3, 0.4) is 0 Å². The lowest BCUT2D eigenvalue weighted by Gasteiger charge is -2.09. The highest BCUT2D eigenvalue weighted by molar-refractivity contribution is 7.89. The Morgan fingerprint density at radius 3 is 2.25 bits per heavy atom. The van der Waals surface area contributed by atoms with Gasteiger partial charge in [-0.3, -0.25) is 9.59 Å². The number of carbonyl (C=O) groups excluding carboxylic acids is 3. The van der Waals surface area contributed by atoms with Crippen molar-refractivity contribution in [2.45, 2.75) is 11.8 Å². The third-order valence-corrected chi connectivity index (χ3v) is 4.86. The van der Waals surface area contributed by atoms with Crippen molar-refractivity contribution in [3.63, 3.8) is 0 Å². The second-order valence-electron chi connectivity index (χ2n) is 5.62. The van der Waals surface area contributed by atoms with E-state index in [4.69, 9.17) is 4.74 Å². The van der Waals surface area contributed by atoms with Gasteiger partial charge in [-0.15, -0.1) is 0 Å². The van der Waals surface area contributed by atoms with Gasteiger partial charge in [-0.1, -0.05) is 12.1 Å². The van der Waals surface area contributed by atoms with Gasteiger partial charge in [0.05, 0.1) is 10.5 Å². The quantitative estimate of drug-likeness (QED) is 0.596. The molecule has 0 fully saturated rings. The van der Waals surface area contributed by atoms with Gasteiger partial charge in [0.15, 0.2) is 6.61 Å². The smallest absolute Gasteiger partial charge is 0.338 e. The predicted molar refractivity (Wildman–Crippen MR) is 102 cm³/mol. The Morgan fingerprint density at radius 2 is 1.61 bits per heavy atom. The molecule has 9 nitrogen and oxygen atoms in total. The van der Waals surface area contributed by atoms with E-state index in [1.807, 2.05) is 0 Å². The number of sulfonamides is 1. The minimum Gasteiger partial charge on any atom is -0.452 e. The normalized spacial score (nSPS) is 10.8. The molecule has 2 amide bonds. The highest BCUT2D eigenvalue weighted by atomic mass is 32.2. The SMILES string of the molecule is CNS(=O)(=O)c1cccc(C(=O)OCC(=O)Nc2cccc(NC(C)=O)c2)c1. The van der Waals surface area contributed by atoms with Crippen molar-refractivity contribution in [2.75, 3.05) is 24.3 Å². The van der Waals surface area contributed by atoms with Crippen LogP contribution in [0.4, 0.5) is 11.4 Å². The molecule has 2 aromatic rings. The second kappa shape index (κ2) is 9.11. The Hall–Kier alpha value is -3.24. The van der Waals surface area contributed by atoms with Gasteiger partial charge in [-0.05, 0) is 43.4 Å². The fourth-order valence-corrected chi connectivity index (χ4v) is 2.97. The topological polar surface area (TPSA) is 131 Å². The van der Waals surface area contributed by atoms with Gasteiger partial charge in [0, 0.05) is 18.3 Å². The first kappa shape index (κ1) is 21.1. The molecular weight excluding hydrogens is 386 g/mol. The van der Waals surface area contributed by atoms with E-state index in [-0.39, 0.29) is 16.4 Å². The number of nitrogens with one attached hydrogen (secondary N) is 3. The molecule has 2 aromatic carbocycles. The average molecular weight is 405 g/mol. The third-order valence-electron chi connectivity index (χ3n) is 3.45. The van der Waals surface area contributed by atoms with Crippen LogP contribution in [0.25, 0.3) is 0 Å². The summed E-state index contributed by atoms with van der Waals surface area (Å²) in [6, 6.07) is 11.7. The second-order valence-corrected chi connectivity index (χ2v) is 7.51. The van der Waals surface area contributed by atoms with Crippen LogP contribution in [0.15, 0.2) is 53.4 Å². The molecule has 10 heteroatoms. The molecule has 0 heterocycles. The molecule has 0 aliphatic heterocycles. The summed E-state index contributed by atoms with van der Waals surface area (Å²) in [5.41, 5.74) is 0.913. The summed E-state index contributed by atoms with van der Waals surface area (Å²) in [7, 11) is -2.45.